The van der Waals surface area contributed by atoms with Gasteiger partial charge in [-0.3, -0.25) is 4.98 Å². The van der Waals surface area contributed by atoms with Gasteiger partial charge in [-0.05, 0) is 38.8 Å². The number of hydrogen-bond acceptors (Lipinski definition) is 2. The molecule has 1 aliphatic rings. The van der Waals surface area contributed by atoms with Crippen molar-refractivity contribution in [1.29, 1.82) is 0 Å². The number of aromatic nitrogens is 1. The van der Waals surface area contributed by atoms with Crippen molar-refractivity contribution in [2.24, 2.45) is 5.73 Å². The Kier molecular flexibility index (Phi) is 1.89. The minimum Gasteiger partial charge on any atom is -0.325 e. The minimum atomic E-state index is -0.401. The second-order valence-corrected chi connectivity index (χ2v) is 4.64. The Hall–Kier alpha value is -0.960. The number of halogens is 1. The third kappa shape index (κ3) is 1.23. The van der Waals surface area contributed by atoms with Crippen molar-refractivity contribution in [3.63, 3.8) is 0 Å². The van der Waals surface area contributed by atoms with Crippen LogP contribution in [0.5, 0.6) is 0 Å². The molecule has 76 valence electrons. The minimum absolute atomic E-state index is 0.233. The zero-order valence-corrected chi connectivity index (χ0v) is 8.55. The topological polar surface area (TPSA) is 38.9 Å². The third-order valence-electron chi connectivity index (χ3n) is 3.20. The number of nitrogens with two attached hydrogens (primary N) is 1. The van der Waals surface area contributed by atoms with E-state index in [4.69, 9.17) is 5.73 Å². The van der Waals surface area contributed by atoms with Crippen LogP contribution in [0.15, 0.2) is 18.3 Å². The van der Waals surface area contributed by atoms with E-state index in [1.165, 1.54) is 6.07 Å². The molecular weight excluding hydrogens is 179 g/mol. The maximum atomic E-state index is 13.5. The van der Waals surface area contributed by atoms with Crippen molar-refractivity contribution >= 4 is 0 Å². The molecule has 1 aliphatic carbocycles. The molecule has 0 bridgehead atoms. The number of rotatable bonds is 2. The summed E-state index contributed by atoms with van der Waals surface area (Å²) in [4.78, 5) is 4.12. The smallest absolute Gasteiger partial charge is 0.145 e. The molecule has 1 heterocycles. The molecule has 0 amide bonds. The highest BCUT2D eigenvalue weighted by Gasteiger charge is 2.56. The van der Waals surface area contributed by atoms with Crippen molar-refractivity contribution in [2.45, 2.75) is 37.6 Å². The van der Waals surface area contributed by atoms with Gasteiger partial charge in [-0.2, -0.15) is 0 Å². The van der Waals surface area contributed by atoms with Crippen molar-refractivity contribution in [3.8, 4) is 0 Å². The Morgan fingerprint density at radius 2 is 2.14 bits per heavy atom. The average molecular weight is 194 g/mol. The van der Waals surface area contributed by atoms with E-state index in [9.17, 15) is 4.39 Å². The van der Waals surface area contributed by atoms with Crippen LogP contribution < -0.4 is 5.73 Å². The van der Waals surface area contributed by atoms with E-state index in [0.717, 1.165) is 12.8 Å². The summed E-state index contributed by atoms with van der Waals surface area (Å²) < 4.78 is 13.5. The van der Waals surface area contributed by atoms with Crippen LogP contribution in [0.25, 0.3) is 0 Å². The number of nitrogens with zero attached hydrogens (tertiary/aromatic N) is 1. The van der Waals surface area contributed by atoms with Gasteiger partial charge in [0.05, 0.1) is 5.69 Å². The van der Waals surface area contributed by atoms with Crippen LogP contribution in [0.3, 0.4) is 0 Å². The maximum Gasteiger partial charge on any atom is 0.145 e. The van der Waals surface area contributed by atoms with Crippen LogP contribution in [-0.4, -0.2) is 10.5 Å². The van der Waals surface area contributed by atoms with Crippen molar-refractivity contribution < 1.29 is 4.39 Å². The van der Waals surface area contributed by atoms with Crippen LogP contribution in [-0.2, 0) is 5.41 Å². The van der Waals surface area contributed by atoms with Gasteiger partial charge in [-0.25, -0.2) is 4.39 Å². The van der Waals surface area contributed by atoms with Crippen LogP contribution in [0, 0.1) is 5.82 Å². The van der Waals surface area contributed by atoms with E-state index >= 15 is 0 Å². The zero-order chi connectivity index (χ0) is 10.4. The second-order valence-electron chi connectivity index (χ2n) is 4.64. The molecule has 0 unspecified atom stereocenters. The highest BCUT2D eigenvalue weighted by atomic mass is 19.1. The summed E-state index contributed by atoms with van der Waals surface area (Å²) in [5.74, 6) is -0.233. The Morgan fingerprint density at radius 3 is 2.57 bits per heavy atom. The first-order valence-corrected chi connectivity index (χ1v) is 4.87. The fourth-order valence-electron chi connectivity index (χ4n) is 2.05. The molecule has 0 aliphatic heterocycles. The molecule has 1 fully saturated rings. The van der Waals surface area contributed by atoms with Gasteiger partial charge in [0, 0.05) is 17.2 Å². The molecular formula is C11H15FN2. The largest absolute Gasteiger partial charge is 0.325 e. The molecule has 2 rings (SSSR count). The second kappa shape index (κ2) is 2.76. The normalized spacial score (nSPS) is 19.4. The van der Waals surface area contributed by atoms with Crippen molar-refractivity contribution in [2.75, 3.05) is 0 Å². The van der Waals surface area contributed by atoms with Gasteiger partial charge in [0.1, 0.15) is 5.82 Å². The fraction of sp³-hybridized carbons (Fsp3) is 0.545. The molecule has 14 heavy (non-hydrogen) atoms. The van der Waals surface area contributed by atoms with Crippen molar-refractivity contribution in [1.82, 2.24) is 4.98 Å². The van der Waals surface area contributed by atoms with Crippen molar-refractivity contribution in [3.05, 3.63) is 29.8 Å². The van der Waals surface area contributed by atoms with Crippen LogP contribution in [0.1, 0.15) is 32.4 Å². The lowest BCUT2D eigenvalue weighted by Gasteiger charge is -2.30. The Balaban J connectivity index is 2.46. The summed E-state index contributed by atoms with van der Waals surface area (Å²) in [6.07, 6.45) is 3.50. The van der Waals surface area contributed by atoms with E-state index in [1.807, 2.05) is 13.8 Å². The van der Waals surface area contributed by atoms with E-state index in [0.29, 0.717) is 5.69 Å². The molecule has 1 saturated carbocycles. The van der Waals surface area contributed by atoms with Gasteiger partial charge < -0.3 is 5.73 Å². The lowest BCUT2D eigenvalue weighted by molar-refractivity contribution is 0.370. The molecule has 0 spiro atoms. The highest BCUT2D eigenvalue weighted by Crippen LogP contribution is 2.54. The van der Waals surface area contributed by atoms with Gasteiger partial charge in [0.15, 0.2) is 0 Å². The average Bonchev–Trinajstić information content (AvgIpc) is 2.84. The monoisotopic (exact) mass is 194 g/mol. The summed E-state index contributed by atoms with van der Waals surface area (Å²) in [7, 11) is 0. The highest BCUT2D eigenvalue weighted by molar-refractivity contribution is 5.31. The van der Waals surface area contributed by atoms with Gasteiger partial charge in [-0.15, -0.1) is 0 Å². The molecule has 1 aromatic heterocycles. The van der Waals surface area contributed by atoms with E-state index in [-0.39, 0.29) is 11.2 Å². The first kappa shape index (κ1) is 9.59. The summed E-state index contributed by atoms with van der Waals surface area (Å²) in [6, 6.07) is 3.06. The summed E-state index contributed by atoms with van der Waals surface area (Å²) in [5, 5.41) is 0. The predicted octanol–water partition coefficient (Wildman–Crippen LogP) is 1.99. The SMILES string of the molecule is CC(C)(N)C1(c2ncccc2F)CC1. The Morgan fingerprint density at radius 1 is 1.50 bits per heavy atom. The lowest BCUT2D eigenvalue weighted by atomic mass is 9.82. The Bertz CT molecular complexity index is 351. The first-order chi connectivity index (χ1) is 6.47. The fourth-order valence-corrected chi connectivity index (χ4v) is 2.05. The quantitative estimate of drug-likeness (QED) is 0.782. The van der Waals surface area contributed by atoms with Gasteiger partial charge in [0.2, 0.25) is 0 Å². The maximum absolute atomic E-state index is 13.5. The molecule has 0 aromatic carbocycles. The molecule has 3 heteroatoms. The number of pyridine rings is 1. The number of hydrogen-bond donors (Lipinski definition) is 1. The molecule has 0 radical (unpaired) electrons. The summed E-state index contributed by atoms with van der Waals surface area (Å²) in [6.45, 7) is 3.88. The van der Waals surface area contributed by atoms with E-state index in [1.54, 1.807) is 12.3 Å². The Labute approximate surface area is 83.3 Å². The molecule has 0 saturated heterocycles. The van der Waals surface area contributed by atoms with Crippen LogP contribution in [0.2, 0.25) is 0 Å². The van der Waals surface area contributed by atoms with Crippen LogP contribution >= 0.6 is 0 Å². The molecule has 2 N–H and O–H groups in total. The van der Waals surface area contributed by atoms with E-state index in [2.05, 4.69) is 4.98 Å². The summed E-state index contributed by atoms with van der Waals surface area (Å²) in [5.41, 5.74) is 5.97. The van der Waals surface area contributed by atoms with Gasteiger partial charge >= 0.3 is 0 Å². The zero-order valence-electron chi connectivity index (χ0n) is 8.55. The predicted molar refractivity (Wildman–Crippen MR) is 53.4 cm³/mol. The summed E-state index contributed by atoms with van der Waals surface area (Å²) >= 11 is 0. The standard InChI is InChI=1S/C11H15FN2/c1-10(2,13)11(5-6-11)9-8(12)4-3-7-14-9/h3-4,7H,5-6,13H2,1-2H3. The first-order valence-electron chi connectivity index (χ1n) is 4.87. The third-order valence-corrected chi connectivity index (χ3v) is 3.20. The van der Waals surface area contributed by atoms with Crippen LogP contribution in [0.4, 0.5) is 4.39 Å². The van der Waals surface area contributed by atoms with Gasteiger partial charge in [0.25, 0.3) is 0 Å². The molecule has 0 atom stereocenters. The molecule has 2 nitrogen and oxygen atoms in total. The molecule has 1 aromatic rings. The van der Waals surface area contributed by atoms with Gasteiger partial charge in [-0.1, -0.05) is 0 Å². The lowest BCUT2D eigenvalue weighted by Crippen LogP contribution is -2.46. The van der Waals surface area contributed by atoms with E-state index < -0.39 is 5.54 Å².